The summed E-state index contributed by atoms with van der Waals surface area (Å²) in [5.41, 5.74) is 2.53. The van der Waals surface area contributed by atoms with E-state index in [-0.39, 0.29) is 11.8 Å². The van der Waals surface area contributed by atoms with E-state index in [0.29, 0.717) is 12.1 Å². The third kappa shape index (κ3) is 2.11. The van der Waals surface area contributed by atoms with E-state index in [1.807, 2.05) is 12.1 Å². The second kappa shape index (κ2) is 4.18. The van der Waals surface area contributed by atoms with E-state index < -0.39 is 0 Å². The molecule has 0 aromatic heterocycles. The summed E-state index contributed by atoms with van der Waals surface area (Å²) < 4.78 is 0. The van der Waals surface area contributed by atoms with E-state index >= 15 is 0 Å². The molecule has 0 saturated heterocycles. The van der Waals surface area contributed by atoms with Crippen LogP contribution in [0, 0.1) is 0 Å². The van der Waals surface area contributed by atoms with Crippen LogP contribution >= 0.6 is 0 Å². The van der Waals surface area contributed by atoms with Gasteiger partial charge in [-0.05, 0) is 30.2 Å². The van der Waals surface area contributed by atoms with Crippen LogP contribution in [0.3, 0.4) is 0 Å². The van der Waals surface area contributed by atoms with Gasteiger partial charge in [0.15, 0.2) is 0 Å². The van der Waals surface area contributed by atoms with Gasteiger partial charge in [0, 0.05) is 17.8 Å². The molecule has 0 fully saturated rings. The third-order valence-electron chi connectivity index (χ3n) is 2.46. The quantitative estimate of drug-likeness (QED) is 0.739. The number of carbonyl (C=O) groups is 2. The summed E-state index contributed by atoms with van der Waals surface area (Å²) in [7, 11) is 0. The van der Waals surface area contributed by atoms with Crippen molar-refractivity contribution in [2.24, 2.45) is 0 Å². The number of amides is 2. The maximum atomic E-state index is 11.2. The SMILES string of the molecule is C=CC(=O)Nc1ccc2c(c1)NC(=O)CC2. The molecule has 1 aliphatic rings. The summed E-state index contributed by atoms with van der Waals surface area (Å²) in [4.78, 5) is 22.3. The van der Waals surface area contributed by atoms with Crippen molar-refractivity contribution in [3.63, 3.8) is 0 Å². The van der Waals surface area contributed by atoms with E-state index in [9.17, 15) is 9.59 Å². The lowest BCUT2D eigenvalue weighted by Crippen LogP contribution is -2.19. The van der Waals surface area contributed by atoms with Gasteiger partial charge in [-0.15, -0.1) is 0 Å². The lowest BCUT2D eigenvalue weighted by Gasteiger charge is -2.17. The van der Waals surface area contributed by atoms with Crippen LogP contribution < -0.4 is 10.6 Å². The lowest BCUT2D eigenvalue weighted by atomic mass is 10.0. The van der Waals surface area contributed by atoms with Gasteiger partial charge in [-0.25, -0.2) is 0 Å². The van der Waals surface area contributed by atoms with Gasteiger partial charge in [-0.2, -0.15) is 0 Å². The van der Waals surface area contributed by atoms with Gasteiger partial charge in [0.1, 0.15) is 0 Å². The molecular weight excluding hydrogens is 204 g/mol. The molecule has 1 aromatic rings. The molecule has 0 aliphatic carbocycles. The van der Waals surface area contributed by atoms with Gasteiger partial charge in [-0.3, -0.25) is 9.59 Å². The largest absolute Gasteiger partial charge is 0.326 e. The number of benzene rings is 1. The lowest BCUT2D eigenvalue weighted by molar-refractivity contribution is -0.116. The standard InChI is InChI=1S/C12H12N2O2/c1-2-11(15)13-9-5-3-8-4-6-12(16)14-10(8)7-9/h2-3,5,7H,1,4,6H2,(H,13,15)(H,14,16). The van der Waals surface area contributed by atoms with Gasteiger partial charge in [0.05, 0.1) is 0 Å². The Morgan fingerprint density at radius 1 is 1.44 bits per heavy atom. The van der Waals surface area contributed by atoms with Gasteiger partial charge in [0.25, 0.3) is 0 Å². The third-order valence-corrected chi connectivity index (χ3v) is 2.46. The topological polar surface area (TPSA) is 58.2 Å². The molecule has 2 rings (SSSR count). The number of aryl methyl sites for hydroxylation is 1. The highest BCUT2D eigenvalue weighted by Gasteiger charge is 2.14. The minimum absolute atomic E-state index is 0.0136. The van der Waals surface area contributed by atoms with Crippen molar-refractivity contribution in [3.8, 4) is 0 Å². The summed E-state index contributed by atoms with van der Waals surface area (Å²) in [6.07, 6.45) is 2.47. The fourth-order valence-corrected chi connectivity index (χ4v) is 1.64. The smallest absolute Gasteiger partial charge is 0.247 e. The molecule has 0 spiro atoms. The zero-order valence-electron chi connectivity index (χ0n) is 8.75. The van der Waals surface area contributed by atoms with Crippen LogP contribution in [0.5, 0.6) is 0 Å². The summed E-state index contributed by atoms with van der Waals surface area (Å²) in [5, 5.41) is 5.42. The Bertz CT molecular complexity index is 466. The van der Waals surface area contributed by atoms with Crippen LogP contribution in [0.2, 0.25) is 0 Å². The van der Waals surface area contributed by atoms with Crippen LogP contribution in [0.1, 0.15) is 12.0 Å². The molecule has 0 atom stereocenters. The molecule has 1 aromatic carbocycles. The van der Waals surface area contributed by atoms with Crippen molar-refractivity contribution in [2.75, 3.05) is 10.6 Å². The number of hydrogen-bond donors (Lipinski definition) is 2. The van der Waals surface area contributed by atoms with Crippen LogP contribution in [-0.4, -0.2) is 11.8 Å². The number of anilines is 2. The molecule has 0 unspecified atom stereocenters. The van der Waals surface area contributed by atoms with Crippen LogP contribution in [0.15, 0.2) is 30.9 Å². The zero-order chi connectivity index (χ0) is 11.5. The predicted molar refractivity (Wildman–Crippen MR) is 62.2 cm³/mol. The summed E-state index contributed by atoms with van der Waals surface area (Å²) in [6.45, 7) is 3.37. The van der Waals surface area contributed by atoms with Crippen LogP contribution in [-0.2, 0) is 16.0 Å². The average molecular weight is 216 g/mol. The summed E-state index contributed by atoms with van der Waals surface area (Å²) in [5.74, 6) is -0.248. The highest BCUT2D eigenvalue weighted by atomic mass is 16.2. The Morgan fingerprint density at radius 3 is 3.00 bits per heavy atom. The minimum atomic E-state index is -0.262. The van der Waals surface area contributed by atoms with Crippen molar-refractivity contribution >= 4 is 23.2 Å². The van der Waals surface area contributed by atoms with Crippen molar-refractivity contribution in [1.29, 1.82) is 0 Å². The maximum absolute atomic E-state index is 11.2. The van der Waals surface area contributed by atoms with Crippen LogP contribution in [0.25, 0.3) is 0 Å². The maximum Gasteiger partial charge on any atom is 0.247 e. The highest BCUT2D eigenvalue weighted by molar-refractivity contribution is 6.00. The molecule has 0 saturated carbocycles. The Kier molecular flexibility index (Phi) is 2.72. The minimum Gasteiger partial charge on any atom is -0.326 e. The number of nitrogens with one attached hydrogen (secondary N) is 2. The second-order valence-corrected chi connectivity index (χ2v) is 3.61. The van der Waals surface area contributed by atoms with Crippen molar-refractivity contribution in [3.05, 3.63) is 36.4 Å². The van der Waals surface area contributed by atoms with E-state index in [1.54, 1.807) is 6.07 Å². The van der Waals surface area contributed by atoms with E-state index in [1.165, 1.54) is 6.08 Å². The monoisotopic (exact) mass is 216 g/mol. The highest BCUT2D eigenvalue weighted by Crippen LogP contribution is 2.25. The van der Waals surface area contributed by atoms with Crippen molar-refractivity contribution in [2.45, 2.75) is 12.8 Å². The molecule has 16 heavy (non-hydrogen) atoms. The van der Waals surface area contributed by atoms with Crippen molar-refractivity contribution in [1.82, 2.24) is 0 Å². The Morgan fingerprint density at radius 2 is 2.25 bits per heavy atom. The van der Waals surface area contributed by atoms with Crippen LogP contribution in [0.4, 0.5) is 11.4 Å². The zero-order valence-corrected chi connectivity index (χ0v) is 8.75. The number of rotatable bonds is 2. The fourth-order valence-electron chi connectivity index (χ4n) is 1.64. The average Bonchev–Trinajstić information content (AvgIpc) is 2.28. The molecule has 4 heteroatoms. The fraction of sp³-hybridized carbons (Fsp3) is 0.167. The summed E-state index contributed by atoms with van der Waals surface area (Å²) >= 11 is 0. The molecular formula is C12H12N2O2. The molecule has 82 valence electrons. The Labute approximate surface area is 93.3 Å². The normalized spacial score (nSPS) is 13.6. The van der Waals surface area contributed by atoms with Gasteiger partial charge >= 0.3 is 0 Å². The number of carbonyl (C=O) groups excluding carboxylic acids is 2. The Balaban J connectivity index is 2.24. The molecule has 4 nitrogen and oxygen atoms in total. The van der Waals surface area contributed by atoms with Gasteiger partial charge in [0.2, 0.25) is 11.8 Å². The first-order valence-corrected chi connectivity index (χ1v) is 5.05. The first-order chi connectivity index (χ1) is 7.69. The molecule has 1 heterocycles. The molecule has 0 bridgehead atoms. The first kappa shape index (κ1) is 10.4. The second-order valence-electron chi connectivity index (χ2n) is 3.61. The number of hydrogen-bond acceptors (Lipinski definition) is 2. The molecule has 1 aliphatic heterocycles. The van der Waals surface area contributed by atoms with Gasteiger partial charge in [-0.1, -0.05) is 12.6 Å². The molecule has 2 amide bonds. The van der Waals surface area contributed by atoms with E-state index in [0.717, 1.165) is 17.7 Å². The predicted octanol–water partition coefficient (Wildman–Crippen LogP) is 1.70. The number of fused-ring (bicyclic) bond motifs is 1. The Hall–Kier alpha value is -2.10. The molecule has 0 radical (unpaired) electrons. The van der Waals surface area contributed by atoms with E-state index in [2.05, 4.69) is 17.2 Å². The van der Waals surface area contributed by atoms with Gasteiger partial charge < -0.3 is 10.6 Å². The molecule has 2 N–H and O–H groups in total. The first-order valence-electron chi connectivity index (χ1n) is 5.05. The summed E-state index contributed by atoms with van der Waals surface area (Å²) in [6, 6.07) is 5.49. The van der Waals surface area contributed by atoms with Crippen molar-refractivity contribution < 1.29 is 9.59 Å². The van der Waals surface area contributed by atoms with E-state index in [4.69, 9.17) is 0 Å².